The molecule has 0 aliphatic heterocycles. The molecule has 2 aromatic carbocycles. The molecule has 0 bridgehead atoms. The maximum absolute atomic E-state index is 12.5. The van der Waals surface area contributed by atoms with Crippen LogP contribution in [0.2, 0.25) is 0 Å². The zero-order valence-electron chi connectivity index (χ0n) is 14.6. The molecule has 1 amide bonds. The number of aryl methyl sites for hydroxylation is 1. The van der Waals surface area contributed by atoms with Gasteiger partial charge < -0.3 is 14.8 Å². The van der Waals surface area contributed by atoms with Crippen LogP contribution in [0.1, 0.15) is 21.5 Å². The molecule has 7 heteroatoms. The normalized spacial score (nSPS) is 11.0. The minimum absolute atomic E-state index is 0.113. The van der Waals surface area contributed by atoms with Crippen molar-refractivity contribution in [2.24, 2.45) is 0 Å². The number of para-hydroxylation sites is 1. The Morgan fingerprint density at radius 3 is 2.44 bits per heavy atom. The van der Waals surface area contributed by atoms with E-state index in [9.17, 15) is 13.2 Å². The van der Waals surface area contributed by atoms with E-state index in [1.165, 1.54) is 19.2 Å². The molecule has 0 radical (unpaired) electrons. The lowest BCUT2D eigenvalue weighted by Crippen LogP contribution is -2.24. The molecule has 6 nitrogen and oxygen atoms in total. The van der Waals surface area contributed by atoms with Gasteiger partial charge in [0.25, 0.3) is 5.91 Å². The van der Waals surface area contributed by atoms with E-state index in [0.717, 1.165) is 11.8 Å². The van der Waals surface area contributed by atoms with E-state index >= 15 is 0 Å². The summed E-state index contributed by atoms with van der Waals surface area (Å²) >= 11 is 0. The van der Waals surface area contributed by atoms with E-state index in [-0.39, 0.29) is 17.3 Å². The standard InChI is InChI=1S/C18H21NO5S/c1-12-8-9-14(25(4,21)22)10-15(12)18(20)19-11-13-6-5-7-16(23-2)17(13)24-3/h5-10H,11H2,1-4H3,(H,19,20). The Morgan fingerprint density at radius 1 is 1.12 bits per heavy atom. The van der Waals surface area contributed by atoms with Crippen molar-refractivity contribution in [2.75, 3.05) is 20.5 Å². The molecule has 0 saturated heterocycles. The fourth-order valence-electron chi connectivity index (χ4n) is 2.44. The van der Waals surface area contributed by atoms with Crippen LogP contribution in [0.15, 0.2) is 41.3 Å². The molecule has 0 heterocycles. The molecular weight excluding hydrogens is 342 g/mol. The number of carbonyl (C=O) groups excluding carboxylic acids is 1. The number of carbonyl (C=O) groups is 1. The number of benzene rings is 2. The second-order valence-electron chi connectivity index (χ2n) is 5.58. The summed E-state index contributed by atoms with van der Waals surface area (Å²) in [6.07, 6.45) is 1.11. The van der Waals surface area contributed by atoms with Crippen LogP contribution in [-0.4, -0.2) is 34.8 Å². The van der Waals surface area contributed by atoms with Gasteiger partial charge in [-0.25, -0.2) is 8.42 Å². The second kappa shape index (κ2) is 7.57. The third kappa shape index (κ3) is 4.30. The van der Waals surface area contributed by atoms with E-state index in [1.807, 2.05) is 6.07 Å². The number of nitrogens with one attached hydrogen (secondary N) is 1. The molecule has 0 saturated carbocycles. The molecule has 134 valence electrons. The van der Waals surface area contributed by atoms with Crippen molar-refractivity contribution in [1.29, 1.82) is 0 Å². The summed E-state index contributed by atoms with van der Waals surface area (Å²) in [5.41, 5.74) is 1.78. The molecule has 0 unspecified atom stereocenters. The Hall–Kier alpha value is -2.54. The van der Waals surface area contributed by atoms with Crippen LogP contribution in [0.3, 0.4) is 0 Å². The molecule has 2 rings (SSSR count). The summed E-state index contributed by atoms with van der Waals surface area (Å²) < 4.78 is 34.0. The van der Waals surface area contributed by atoms with Crippen molar-refractivity contribution in [2.45, 2.75) is 18.4 Å². The van der Waals surface area contributed by atoms with E-state index in [4.69, 9.17) is 9.47 Å². The van der Waals surface area contributed by atoms with Gasteiger partial charge >= 0.3 is 0 Å². The summed E-state index contributed by atoms with van der Waals surface area (Å²) in [4.78, 5) is 12.6. The van der Waals surface area contributed by atoms with Gasteiger partial charge in [0.1, 0.15) is 0 Å². The molecule has 0 atom stereocenters. The van der Waals surface area contributed by atoms with Gasteiger partial charge in [0.15, 0.2) is 21.3 Å². The molecule has 25 heavy (non-hydrogen) atoms. The van der Waals surface area contributed by atoms with E-state index in [2.05, 4.69) is 5.32 Å². The SMILES string of the molecule is COc1cccc(CNC(=O)c2cc(S(C)(=O)=O)ccc2C)c1OC. The van der Waals surface area contributed by atoms with E-state index in [1.54, 1.807) is 32.2 Å². The highest BCUT2D eigenvalue weighted by Crippen LogP contribution is 2.30. The Morgan fingerprint density at radius 2 is 1.84 bits per heavy atom. The minimum atomic E-state index is -3.38. The fraction of sp³-hybridized carbons (Fsp3) is 0.278. The highest BCUT2D eigenvalue weighted by Gasteiger charge is 2.16. The van der Waals surface area contributed by atoms with Crippen LogP contribution in [0, 0.1) is 6.92 Å². The highest BCUT2D eigenvalue weighted by molar-refractivity contribution is 7.90. The van der Waals surface area contributed by atoms with Gasteiger partial charge in [-0.3, -0.25) is 4.79 Å². The average molecular weight is 363 g/mol. The number of hydrogen-bond acceptors (Lipinski definition) is 5. The van der Waals surface area contributed by atoms with Crippen molar-refractivity contribution in [3.8, 4) is 11.5 Å². The summed E-state index contributed by atoms with van der Waals surface area (Å²) in [5, 5.41) is 2.79. The van der Waals surface area contributed by atoms with Crippen LogP contribution in [-0.2, 0) is 16.4 Å². The fourth-order valence-corrected chi connectivity index (χ4v) is 3.09. The molecular formula is C18H21NO5S. The van der Waals surface area contributed by atoms with Crippen molar-refractivity contribution < 1.29 is 22.7 Å². The first kappa shape index (κ1) is 18.8. The third-order valence-electron chi connectivity index (χ3n) is 3.81. The second-order valence-corrected chi connectivity index (χ2v) is 7.60. The topological polar surface area (TPSA) is 81.7 Å². The van der Waals surface area contributed by atoms with Gasteiger partial charge in [-0.1, -0.05) is 18.2 Å². The Bertz CT molecular complexity index is 890. The number of sulfone groups is 1. The number of amides is 1. The highest BCUT2D eigenvalue weighted by atomic mass is 32.2. The number of ether oxygens (including phenoxy) is 2. The molecule has 0 aliphatic rings. The van der Waals surface area contributed by atoms with Gasteiger partial charge in [-0.05, 0) is 30.7 Å². The van der Waals surface area contributed by atoms with Crippen LogP contribution >= 0.6 is 0 Å². The maximum atomic E-state index is 12.5. The van der Waals surface area contributed by atoms with E-state index in [0.29, 0.717) is 22.6 Å². The first-order valence-corrected chi connectivity index (χ1v) is 9.46. The van der Waals surface area contributed by atoms with Gasteiger partial charge in [0.2, 0.25) is 0 Å². The minimum Gasteiger partial charge on any atom is -0.493 e. The summed E-state index contributed by atoms with van der Waals surface area (Å²) in [7, 11) is -0.306. The molecule has 1 N–H and O–H groups in total. The Kier molecular flexibility index (Phi) is 5.69. The Balaban J connectivity index is 2.24. The van der Waals surface area contributed by atoms with Gasteiger partial charge in [0.05, 0.1) is 19.1 Å². The van der Waals surface area contributed by atoms with Crippen LogP contribution in [0.4, 0.5) is 0 Å². The third-order valence-corrected chi connectivity index (χ3v) is 4.92. The largest absolute Gasteiger partial charge is 0.493 e. The lowest BCUT2D eigenvalue weighted by atomic mass is 10.1. The summed E-state index contributed by atoms with van der Waals surface area (Å²) in [6, 6.07) is 9.90. The summed E-state index contributed by atoms with van der Waals surface area (Å²) in [5.74, 6) is 0.768. The number of hydrogen-bond donors (Lipinski definition) is 1. The van der Waals surface area contributed by atoms with Crippen molar-refractivity contribution in [3.05, 3.63) is 53.1 Å². The van der Waals surface area contributed by atoms with Crippen LogP contribution < -0.4 is 14.8 Å². The number of rotatable bonds is 6. The molecule has 0 aliphatic carbocycles. The van der Waals surface area contributed by atoms with Crippen LogP contribution in [0.25, 0.3) is 0 Å². The molecule has 0 fully saturated rings. The average Bonchev–Trinajstić information content (AvgIpc) is 2.58. The Labute approximate surface area is 147 Å². The maximum Gasteiger partial charge on any atom is 0.251 e. The predicted octanol–water partition coefficient (Wildman–Crippen LogP) is 2.35. The first-order chi connectivity index (χ1) is 11.8. The van der Waals surface area contributed by atoms with Crippen LogP contribution in [0.5, 0.6) is 11.5 Å². The van der Waals surface area contributed by atoms with Gasteiger partial charge in [-0.2, -0.15) is 0 Å². The first-order valence-electron chi connectivity index (χ1n) is 7.56. The van der Waals surface area contributed by atoms with Gasteiger partial charge in [0, 0.05) is 23.9 Å². The zero-order chi connectivity index (χ0) is 18.6. The van der Waals surface area contributed by atoms with E-state index < -0.39 is 9.84 Å². The van der Waals surface area contributed by atoms with Gasteiger partial charge in [-0.15, -0.1) is 0 Å². The number of methoxy groups -OCH3 is 2. The molecule has 0 spiro atoms. The summed E-state index contributed by atoms with van der Waals surface area (Å²) in [6.45, 7) is 1.98. The molecule has 2 aromatic rings. The van der Waals surface area contributed by atoms with Crippen molar-refractivity contribution in [1.82, 2.24) is 5.32 Å². The zero-order valence-corrected chi connectivity index (χ0v) is 15.4. The lowest BCUT2D eigenvalue weighted by molar-refractivity contribution is 0.0949. The molecule has 0 aromatic heterocycles. The monoisotopic (exact) mass is 363 g/mol. The van der Waals surface area contributed by atoms with Crippen molar-refractivity contribution >= 4 is 15.7 Å². The van der Waals surface area contributed by atoms with Crippen molar-refractivity contribution in [3.63, 3.8) is 0 Å². The quantitative estimate of drug-likeness (QED) is 0.852. The lowest BCUT2D eigenvalue weighted by Gasteiger charge is -2.14. The smallest absolute Gasteiger partial charge is 0.251 e. The predicted molar refractivity (Wildman–Crippen MR) is 95.0 cm³/mol.